The van der Waals surface area contributed by atoms with Gasteiger partial charge in [-0.05, 0) is 36.8 Å². The fourth-order valence-corrected chi connectivity index (χ4v) is 4.03. The molecule has 174 valence electrons. The van der Waals surface area contributed by atoms with Gasteiger partial charge in [0.1, 0.15) is 30.4 Å². The van der Waals surface area contributed by atoms with Gasteiger partial charge in [0.15, 0.2) is 5.78 Å². The zero-order valence-corrected chi connectivity index (χ0v) is 18.9. The Bertz CT molecular complexity index is 1150. The van der Waals surface area contributed by atoms with E-state index in [1.54, 1.807) is 62.6 Å². The van der Waals surface area contributed by atoms with E-state index in [1.807, 2.05) is 36.4 Å². The number of nitrogens with zero attached hydrogens (tertiary/aromatic N) is 1. The molecule has 0 bridgehead atoms. The second-order valence-electron chi connectivity index (χ2n) is 7.95. The van der Waals surface area contributed by atoms with Crippen molar-refractivity contribution in [2.75, 3.05) is 12.0 Å². The quantitative estimate of drug-likeness (QED) is 0.277. The minimum atomic E-state index is -0.891. The van der Waals surface area contributed by atoms with Gasteiger partial charge in [0.25, 0.3) is 0 Å². The molecule has 1 saturated heterocycles. The predicted molar refractivity (Wildman–Crippen MR) is 126 cm³/mol. The molecule has 34 heavy (non-hydrogen) atoms. The van der Waals surface area contributed by atoms with Crippen LogP contribution >= 0.6 is 0 Å². The van der Waals surface area contributed by atoms with Crippen LogP contribution in [0.4, 0.5) is 10.5 Å². The lowest BCUT2D eigenvalue weighted by Gasteiger charge is -2.47. The van der Waals surface area contributed by atoms with Crippen LogP contribution in [0.25, 0.3) is 0 Å². The van der Waals surface area contributed by atoms with Crippen LogP contribution in [0.5, 0.6) is 5.75 Å². The Morgan fingerprint density at radius 2 is 1.53 bits per heavy atom. The third-order valence-electron chi connectivity index (χ3n) is 5.81. The summed E-state index contributed by atoms with van der Waals surface area (Å²) in [6, 6.07) is 24.0. The molecule has 3 atom stereocenters. The lowest BCUT2D eigenvalue weighted by molar-refractivity contribution is -0.134. The summed E-state index contributed by atoms with van der Waals surface area (Å²) in [6.07, 6.45) is -1.75. The summed E-state index contributed by atoms with van der Waals surface area (Å²) in [5.41, 5.74) is 1.85. The Kier molecular flexibility index (Phi) is 6.92. The molecule has 3 aromatic rings. The van der Waals surface area contributed by atoms with E-state index in [9.17, 15) is 14.4 Å². The number of ketones is 1. The van der Waals surface area contributed by atoms with Crippen molar-refractivity contribution < 1.29 is 28.6 Å². The molecule has 1 aliphatic heterocycles. The lowest BCUT2D eigenvalue weighted by Crippen LogP contribution is -2.68. The van der Waals surface area contributed by atoms with E-state index in [-0.39, 0.29) is 18.3 Å². The van der Waals surface area contributed by atoms with E-state index >= 15 is 0 Å². The van der Waals surface area contributed by atoms with Crippen LogP contribution < -0.4 is 9.64 Å². The first-order valence-corrected chi connectivity index (χ1v) is 10.9. The molecule has 1 amide bonds. The number of β-lactam (4-membered cyclic amide) rings is 1. The van der Waals surface area contributed by atoms with E-state index in [0.29, 0.717) is 17.0 Å². The fourth-order valence-electron chi connectivity index (χ4n) is 4.03. The highest BCUT2D eigenvalue weighted by Gasteiger charge is 2.55. The molecule has 0 aromatic heterocycles. The molecular weight excluding hydrogens is 434 g/mol. The van der Waals surface area contributed by atoms with Crippen molar-refractivity contribution in [1.29, 1.82) is 0 Å². The minimum Gasteiger partial charge on any atom is -0.497 e. The summed E-state index contributed by atoms with van der Waals surface area (Å²) in [4.78, 5) is 40.3. The molecule has 0 spiro atoms. The number of methoxy groups -OCH3 is 1. The number of carbonyl (C=O) groups is 3. The van der Waals surface area contributed by atoms with Gasteiger partial charge in [-0.15, -0.1) is 0 Å². The molecule has 1 fully saturated rings. The monoisotopic (exact) mass is 459 g/mol. The second kappa shape index (κ2) is 10.2. The van der Waals surface area contributed by atoms with Crippen LogP contribution in [-0.4, -0.2) is 37.1 Å². The first kappa shape index (κ1) is 23.0. The van der Waals surface area contributed by atoms with Gasteiger partial charge in [0.05, 0.1) is 7.11 Å². The fraction of sp³-hybridized carbons (Fsp3) is 0.222. The average molecular weight is 459 g/mol. The Morgan fingerprint density at radius 3 is 2.15 bits per heavy atom. The highest BCUT2D eigenvalue weighted by molar-refractivity contribution is 6.17. The maximum atomic E-state index is 13.4. The molecule has 4 rings (SSSR count). The van der Waals surface area contributed by atoms with Crippen molar-refractivity contribution in [1.82, 2.24) is 0 Å². The normalized spacial score (nSPS) is 17.9. The van der Waals surface area contributed by atoms with E-state index in [4.69, 9.17) is 14.2 Å². The van der Waals surface area contributed by atoms with E-state index in [0.717, 1.165) is 5.56 Å². The highest BCUT2D eigenvalue weighted by Crippen LogP contribution is 2.38. The molecule has 7 nitrogen and oxygen atoms in total. The van der Waals surface area contributed by atoms with E-state index in [1.165, 1.54) is 4.90 Å². The zero-order chi connectivity index (χ0) is 24.1. The van der Waals surface area contributed by atoms with E-state index in [2.05, 4.69) is 0 Å². The van der Waals surface area contributed by atoms with Crippen LogP contribution in [0.15, 0.2) is 84.9 Å². The summed E-state index contributed by atoms with van der Waals surface area (Å²) in [5, 5.41) is 0. The number of hydrogen-bond acceptors (Lipinski definition) is 6. The van der Waals surface area contributed by atoms with Crippen LogP contribution in [-0.2, 0) is 20.9 Å². The Balaban J connectivity index is 1.51. The molecule has 0 saturated carbocycles. The molecule has 0 N–H and O–H groups in total. The summed E-state index contributed by atoms with van der Waals surface area (Å²) >= 11 is 0. The standard InChI is InChI=1S/C27H25NO6/c1-18(34-27(31)33-17-19-9-5-3-6-10-19)23-24(25(29)20-11-7-4-8-12-20)28(26(23)30)21-13-15-22(32-2)16-14-21/h3-16,18,23-24H,17H2,1-2H3/t18-,23-,24+/m1/s1. The predicted octanol–water partition coefficient (Wildman–Crippen LogP) is 4.65. The van der Waals surface area contributed by atoms with E-state index < -0.39 is 24.2 Å². The third kappa shape index (κ3) is 4.78. The van der Waals surface area contributed by atoms with Gasteiger partial charge in [0, 0.05) is 11.3 Å². The van der Waals surface area contributed by atoms with Crippen LogP contribution in [0, 0.1) is 5.92 Å². The number of ether oxygens (including phenoxy) is 3. The number of carbonyl (C=O) groups excluding carboxylic acids is 3. The molecule has 7 heteroatoms. The van der Waals surface area contributed by atoms with Gasteiger partial charge in [-0.1, -0.05) is 60.7 Å². The number of amides is 1. The smallest absolute Gasteiger partial charge is 0.497 e. The maximum absolute atomic E-state index is 13.4. The van der Waals surface area contributed by atoms with Crippen molar-refractivity contribution in [2.24, 2.45) is 5.92 Å². The number of benzene rings is 3. The molecule has 0 radical (unpaired) electrons. The van der Waals surface area contributed by atoms with Crippen molar-refractivity contribution in [3.63, 3.8) is 0 Å². The van der Waals surface area contributed by atoms with Gasteiger partial charge < -0.3 is 19.1 Å². The van der Waals surface area contributed by atoms with Gasteiger partial charge in [-0.2, -0.15) is 0 Å². The van der Waals surface area contributed by atoms with Crippen molar-refractivity contribution in [2.45, 2.75) is 25.7 Å². The SMILES string of the molecule is COc1ccc(N2C(=O)[C@H]([C@@H](C)OC(=O)OCc3ccccc3)[C@H]2C(=O)c2ccccc2)cc1. The van der Waals surface area contributed by atoms with Crippen LogP contribution in [0.1, 0.15) is 22.8 Å². The summed E-state index contributed by atoms with van der Waals surface area (Å²) in [5.74, 6) is -0.729. The van der Waals surface area contributed by atoms with Gasteiger partial charge >= 0.3 is 6.16 Å². The largest absolute Gasteiger partial charge is 0.508 e. The first-order valence-electron chi connectivity index (χ1n) is 10.9. The molecule has 1 aliphatic rings. The third-order valence-corrected chi connectivity index (χ3v) is 5.81. The average Bonchev–Trinajstić information content (AvgIpc) is 2.87. The van der Waals surface area contributed by atoms with Gasteiger partial charge in [-0.25, -0.2) is 4.79 Å². The Hall–Kier alpha value is -4.13. The molecule has 3 aromatic carbocycles. The Labute approximate surface area is 197 Å². The second-order valence-corrected chi connectivity index (χ2v) is 7.95. The van der Waals surface area contributed by atoms with Crippen molar-refractivity contribution >= 4 is 23.5 Å². The minimum absolute atomic E-state index is 0.0509. The molecule has 0 unspecified atom stereocenters. The van der Waals surface area contributed by atoms with Gasteiger partial charge in [-0.3, -0.25) is 9.59 Å². The first-order chi connectivity index (χ1) is 16.5. The van der Waals surface area contributed by atoms with Gasteiger partial charge in [0.2, 0.25) is 5.91 Å². The van der Waals surface area contributed by atoms with Crippen LogP contribution in [0.2, 0.25) is 0 Å². The molecular formula is C27H25NO6. The lowest BCUT2D eigenvalue weighted by atomic mass is 9.78. The topological polar surface area (TPSA) is 82.1 Å². The number of rotatable bonds is 8. The zero-order valence-electron chi connectivity index (χ0n) is 18.9. The number of anilines is 1. The summed E-state index contributed by atoms with van der Waals surface area (Å²) in [7, 11) is 1.55. The maximum Gasteiger partial charge on any atom is 0.508 e. The summed E-state index contributed by atoms with van der Waals surface area (Å²) in [6.45, 7) is 1.65. The Morgan fingerprint density at radius 1 is 0.912 bits per heavy atom. The van der Waals surface area contributed by atoms with Crippen molar-refractivity contribution in [3.05, 3.63) is 96.1 Å². The molecule has 0 aliphatic carbocycles. The van der Waals surface area contributed by atoms with Crippen molar-refractivity contribution in [3.8, 4) is 5.75 Å². The highest BCUT2D eigenvalue weighted by atomic mass is 16.7. The number of Topliss-reactive ketones (excluding diaryl/α,β-unsaturated/α-hetero) is 1. The molecule has 1 heterocycles. The van der Waals surface area contributed by atoms with Crippen LogP contribution in [0.3, 0.4) is 0 Å². The summed E-state index contributed by atoms with van der Waals surface area (Å²) < 4.78 is 15.8. The number of hydrogen-bond donors (Lipinski definition) is 0.